The predicted octanol–water partition coefficient (Wildman–Crippen LogP) is 6.14. The van der Waals surface area contributed by atoms with Gasteiger partial charge in [-0.1, -0.05) is 41.4 Å². The molecule has 0 bridgehead atoms. The molecule has 0 heterocycles. The molecule has 3 aromatic rings. The molecule has 0 radical (unpaired) electrons. The Bertz CT molecular complexity index is 994. The number of amides is 1. The highest BCUT2D eigenvalue weighted by atomic mass is 35.5. The first kappa shape index (κ1) is 18.9. The summed E-state index contributed by atoms with van der Waals surface area (Å²) in [6.45, 7) is 0. The van der Waals surface area contributed by atoms with Gasteiger partial charge in [-0.15, -0.1) is 0 Å². The van der Waals surface area contributed by atoms with E-state index in [2.05, 4.69) is 5.32 Å². The number of ketones is 1. The van der Waals surface area contributed by atoms with E-state index in [1.54, 1.807) is 60.7 Å². The highest BCUT2D eigenvalue weighted by Gasteiger charge is 2.07. The van der Waals surface area contributed by atoms with Crippen LogP contribution in [0, 0.1) is 0 Å². The van der Waals surface area contributed by atoms with Crippen molar-refractivity contribution < 1.29 is 9.59 Å². The van der Waals surface area contributed by atoms with Crippen molar-refractivity contribution in [2.75, 3.05) is 5.32 Å². The average Bonchev–Trinajstić information content (AvgIpc) is 2.68. The van der Waals surface area contributed by atoms with Crippen LogP contribution in [0.3, 0.4) is 0 Å². The van der Waals surface area contributed by atoms with Crippen molar-refractivity contribution in [2.45, 2.75) is 0 Å². The largest absolute Gasteiger partial charge is 0.322 e. The molecule has 3 nitrogen and oxygen atoms in total. The maximum absolute atomic E-state index is 12.3. The molecule has 1 N–H and O–H groups in total. The van der Waals surface area contributed by atoms with Crippen LogP contribution in [-0.4, -0.2) is 11.7 Å². The number of hydrogen-bond acceptors (Lipinski definition) is 2. The first-order valence-corrected chi connectivity index (χ1v) is 8.92. The van der Waals surface area contributed by atoms with Gasteiger partial charge in [-0.25, -0.2) is 0 Å². The Hall–Kier alpha value is -2.88. The zero-order chi connectivity index (χ0) is 19.2. The van der Waals surface area contributed by atoms with E-state index >= 15 is 0 Å². The molecule has 3 rings (SSSR count). The first-order valence-electron chi connectivity index (χ1n) is 8.17. The van der Waals surface area contributed by atoms with Crippen molar-refractivity contribution in [3.8, 4) is 0 Å². The molecule has 0 atom stereocenters. The van der Waals surface area contributed by atoms with Crippen LogP contribution in [0.25, 0.3) is 6.08 Å². The van der Waals surface area contributed by atoms with Gasteiger partial charge in [0.15, 0.2) is 5.78 Å². The third kappa shape index (κ3) is 5.07. The summed E-state index contributed by atoms with van der Waals surface area (Å²) in [5.41, 5.74) is 2.39. The van der Waals surface area contributed by atoms with Gasteiger partial charge in [0.2, 0.25) is 0 Å². The molecule has 0 saturated heterocycles. The lowest BCUT2D eigenvalue weighted by molar-refractivity contribution is 0.102. The third-order valence-electron chi connectivity index (χ3n) is 3.85. The summed E-state index contributed by atoms with van der Waals surface area (Å²) in [7, 11) is 0. The highest BCUT2D eigenvalue weighted by Crippen LogP contribution is 2.18. The van der Waals surface area contributed by atoms with Gasteiger partial charge in [0.05, 0.1) is 0 Å². The molecule has 0 fully saturated rings. The van der Waals surface area contributed by atoms with Crippen LogP contribution in [0.1, 0.15) is 26.3 Å². The molecule has 0 aliphatic rings. The second kappa shape index (κ2) is 8.67. The van der Waals surface area contributed by atoms with Crippen LogP contribution in [0.4, 0.5) is 5.69 Å². The normalized spacial score (nSPS) is 10.7. The van der Waals surface area contributed by atoms with Gasteiger partial charge >= 0.3 is 0 Å². The minimum Gasteiger partial charge on any atom is -0.322 e. The topological polar surface area (TPSA) is 46.2 Å². The van der Waals surface area contributed by atoms with E-state index in [-0.39, 0.29) is 11.7 Å². The maximum atomic E-state index is 12.3. The summed E-state index contributed by atoms with van der Waals surface area (Å²) in [6.07, 6.45) is 3.16. The number of anilines is 1. The fourth-order valence-electron chi connectivity index (χ4n) is 2.39. The zero-order valence-electron chi connectivity index (χ0n) is 14.2. The lowest BCUT2D eigenvalue weighted by Crippen LogP contribution is -2.11. The molecule has 27 heavy (non-hydrogen) atoms. The van der Waals surface area contributed by atoms with Crippen molar-refractivity contribution in [3.63, 3.8) is 0 Å². The summed E-state index contributed by atoms with van der Waals surface area (Å²) in [4.78, 5) is 24.5. The monoisotopic (exact) mass is 395 g/mol. The SMILES string of the molecule is O=C(/C=C/c1ccccc1Cl)c1ccc(NC(=O)c2ccc(Cl)cc2)cc1. The van der Waals surface area contributed by atoms with Crippen LogP contribution < -0.4 is 5.32 Å². The second-order valence-electron chi connectivity index (χ2n) is 5.76. The van der Waals surface area contributed by atoms with E-state index in [0.29, 0.717) is 26.9 Å². The van der Waals surface area contributed by atoms with Crippen LogP contribution >= 0.6 is 23.2 Å². The van der Waals surface area contributed by atoms with E-state index < -0.39 is 0 Å². The van der Waals surface area contributed by atoms with E-state index in [4.69, 9.17) is 23.2 Å². The van der Waals surface area contributed by atoms with Gasteiger partial charge in [-0.3, -0.25) is 9.59 Å². The number of allylic oxidation sites excluding steroid dienone is 1. The standard InChI is InChI=1S/C22H15Cl2NO2/c23-18-10-5-17(6-11-18)22(27)25-19-12-7-16(8-13-19)21(26)14-9-15-3-1-2-4-20(15)24/h1-14H,(H,25,27)/b14-9+. The van der Waals surface area contributed by atoms with Crippen molar-refractivity contribution in [1.82, 2.24) is 0 Å². The highest BCUT2D eigenvalue weighted by molar-refractivity contribution is 6.32. The number of carbonyl (C=O) groups excluding carboxylic acids is 2. The van der Waals surface area contributed by atoms with Gasteiger partial charge < -0.3 is 5.32 Å². The molecule has 3 aromatic carbocycles. The Kier molecular flexibility index (Phi) is 6.07. The number of benzene rings is 3. The summed E-state index contributed by atoms with van der Waals surface area (Å²) in [5, 5.41) is 3.93. The molecule has 0 aliphatic heterocycles. The molecule has 0 aromatic heterocycles. The van der Waals surface area contributed by atoms with E-state index in [1.807, 2.05) is 18.2 Å². The Morgan fingerprint density at radius 3 is 2.07 bits per heavy atom. The maximum Gasteiger partial charge on any atom is 0.255 e. The summed E-state index contributed by atoms with van der Waals surface area (Å²) < 4.78 is 0. The lowest BCUT2D eigenvalue weighted by atomic mass is 10.1. The minimum atomic E-state index is -0.246. The number of halogens is 2. The molecule has 134 valence electrons. The first-order chi connectivity index (χ1) is 13.0. The third-order valence-corrected chi connectivity index (χ3v) is 4.45. The van der Waals surface area contributed by atoms with Crippen LogP contribution in [0.2, 0.25) is 10.0 Å². The van der Waals surface area contributed by atoms with Crippen molar-refractivity contribution in [3.05, 3.63) is 106 Å². The van der Waals surface area contributed by atoms with E-state index in [1.165, 1.54) is 6.08 Å². The Labute approximate surface area is 167 Å². The van der Waals surface area contributed by atoms with E-state index in [9.17, 15) is 9.59 Å². The second-order valence-corrected chi connectivity index (χ2v) is 6.60. The Morgan fingerprint density at radius 2 is 1.41 bits per heavy atom. The minimum absolute atomic E-state index is 0.148. The zero-order valence-corrected chi connectivity index (χ0v) is 15.7. The van der Waals surface area contributed by atoms with Gasteiger partial charge in [0.25, 0.3) is 5.91 Å². The summed E-state index contributed by atoms with van der Waals surface area (Å²) in [5.74, 6) is -0.394. The van der Waals surface area contributed by atoms with Crippen molar-refractivity contribution >= 4 is 46.7 Å². The molecule has 0 spiro atoms. The van der Waals surface area contributed by atoms with Crippen molar-refractivity contribution in [1.29, 1.82) is 0 Å². The number of nitrogens with one attached hydrogen (secondary N) is 1. The molecule has 0 unspecified atom stereocenters. The molecule has 5 heteroatoms. The molecular weight excluding hydrogens is 381 g/mol. The van der Waals surface area contributed by atoms with Crippen LogP contribution in [-0.2, 0) is 0 Å². The Morgan fingerprint density at radius 1 is 0.778 bits per heavy atom. The Balaban J connectivity index is 1.66. The smallest absolute Gasteiger partial charge is 0.255 e. The average molecular weight is 396 g/mol. The summed E-state index contributed by atoms with van der Waals surface area (Å²) in [6, 6.07) is 20.6. The number of rotatable bonds is 5. The number of carbonyl (C=O) groups is 2. The molecule has 1 amide bonds. The van der Waals surface area contributed by atoms with Gasteiger partial charge in [0.1, 0.15) is 0 Å². The van der Waals surface area contributed by atoms with Gasteiger partial charge in [0, 0.05) is 26.9 Å². The van der Waals surface area contributed by atoms with Crippen LogP contribution in [0.15, 0.2) is 78.9 Å². The van der Waals surface area contributed by atoms with E-state index in [0.717, 1.165) is 5.56 Å². The molecule has 0 aliphatic carbocycles. The van der Waals surface area contributed by atoms with Gasteiger partial charge in [-0.2, -0.15) is 0 Å². The van der Waals surface area contributed by atoms with Crippen LogP contribution in [0.5, 0.6) is 0 Å². The molecular formula is C22H15Cl2NO2. The van der Waals surface area contributed by atoms with Gasteiger partial charge in [-0.05, 0) is 72.3 Å². The lowest BCUT2D eigenvalue weighted by Gasteiger charge is -2.06. The molecule has 0 saturated carbocycles. The fraction of sp³-hybridized carbons (Fsp3) is 0. The fourth-order valence-corrected chi connectivity index (χ4v) is 2.72. The summed E-state index contributed by atoms with van der Waals surface area (Å²) >= 11 is 11.9. The number of hydrogen-bond donors (Lipinski definition) is 1. The quantitative estimate of drug-likeness (QED) is 0.416. The van der Waals surface area contributed by atoms with Crippen molar-refractivity contribution in [2.24, 2.45) is 0 Å². The predicted molar refractivity (Wildman–Crippen MR) is 111 cm³/mol.